The summed E-state index contributed by atoms with van der Waals surface area (Å²) in [7, 11) is 1.86. The molecule has 0 atom stereocenters. The Balaban J connectivity index is 2.15. The van der Waals surface area contributed by atoms with Gasteiger partial charge in [0.15, 0.2) is 5.76 Å². The van der Waals surface area contributed by atoms with Crippen molar-refractivity contribution in [2.75, 3.05) is 13.7 Å². The van der Waals surface area contributed by atoms with Crippen LogP contribution in [-0.2, 0) is 6.54 Å². The Labute approximate surface area is 107 Å². The highest BCUT2D eigenvalue weighted by atomic mass is 16.5. The first-order valence-electron chi connectivity index (χ1n) is 6.16. The molecule has 2 aromatic rings. The second-order valence-corrected chi connectivity index (χ2v) is 4.02. The summed E-state index contributed by atoms with van der Waals surface area (Å²) < 4.78 is 11.2. The molecule has 1 aromatic carbocycles. The number of nitrogens with zero attached hydrogens (tertiary/aromatic N) is 1. The lowest BCUT2D eigenvalue weighted by Crippen LogP contribution is -2.04. The Morgan fingerprint density at radius 2 is 2.28 bits per heavy atom. The molecular formula is C14H18N2O2. The number of ether oxygens (including phenoxy) is 1. The first kappa shape index (κ1) is 12.6. The monoisotopic (exact) mass is 246 g/mol. The first-order chi connectivity index (χ1) is 8.83. The van der Waals surface area contributed by atoms with Gasteiger partial charge in [-0.2, -0.15) is 0 Å². The maximum absolute atomic E-state index is 5.64. The first-order valence-corrected chi connectivity index (χ1v) is 6.16. The quantitative estimate of drug-likeness (QED) is 0.851. The summed E-state index contributed by atoms with van der Waals surface area (Å²) in [6.07, 6.45) is 2.74. The van der Waals surface area contributed by atoms with Crippen LogP contribution in [0.3, 0.4) is 0 Å². The van der Waals surface area contributed by atoms with Crippen molar-refractivity contribution < 1.29 is 9.15 Å². The molecule has 0 aliphatic carbocycles. The van der Waals surface area contributed by atoms with E-state index in [1.165, 1.54) is 0 Å². The van der Waals surface area contributed by atoms with Gasteiger partial charge < -0.3 is 14.5 Å². The molecular weight excluding hydrogens is 228 g/mol. The van der Waals surface area contributed by atoms with E-state index in [2.05, 4.69) is 17.2 Å². The van der Waals surface area contributed by atoms with Crippen LogP contribution in [0.4, 0.5) is 0 Å². The Bertz CT molecular complexity index is 494. The number of hydrogen-bond acceptors (Lipinski definition) is 4. The second kappa shape index (κ2) is 6.21. The smallest absolute Gasteiger partial charge is 0.208 e. The number of aromatic nitrogens is 1. The molecule has 0 bridgehead atoms. The molecule has 4 nitrogen and oxygen atoms in total. The van der Waals surface area contributed by atoms with Crippen molar-refractivity contribution in [1.82, 2.24) is 10.3 Å². The van der Waals surface area contributed by atoms with Crippen LogP contribution in [-0.4, -0.2) is 18.6 Å². The number of rotatable bonds is 6. The fourth-order valence-corrected chi connectivity index (χ4v) is 1.64. The minimum absolute atomic E-state index is 0.631. The highest BCUT2D eigenvalue weighted by Crippen LogP contribution is 2.24. The lowest BCUT2D eigenvalue weighted by Gasteiger charge is -2.05. The largest absolute Gasteiger partial charge is 0.494 e. The van der Waals surface area contributed by atoms with E-state index in [4.69, 9.17) is 9.15 Å². The van der Waals surface area contributed by atoms with E-state index in [0.29, 0.717) is 12.4 Å². The molecule has 0 saturated carbocycles. The van der Waals surface area contributed by atoms with Crippen LogP contribution in [0.2, 0.25) is 0 Å². The van der Waals surface area contributed by atoms with E-state index in [1.54, 1.807) is 6.20 Å². The zero-order chi connectivity index (χ0) is 12.8. The van der Waals surface area contributed by atoms with Gasteiger partial charge in [0.05, 0.1) is 19.3 Å². The highest BCUT2D eigenvalue weighted by Gasteiger charge is 2.06. The number of benzene rings is 1. The molecule has 0 amide bonds. The van der Waals surface area contributed by atoms with Crippen LogP contribution in [0.25, 0.3) is 11.3 Å². The van der Waals surface area contributed by atoms with Gasteiger partial charge in [-0.25, -0.2) is 4.98 Å². The Hall–Kier alpha value is -1.81. The lowest BCUT2D eigenvalue weighted by molar-refractivity contribution is 0.317. The van der Waals surface area contributed by atoms with Crippen molar-refractivity contribution >= 4 is 0 Å². The molecule has 1 N–H and O–H groups in total. The van der Waals surface area contributed by atoms with Crippen LogP contribution in [0.15, 0.2) is 34.9 Å². The summed E-state index contributed by atoms with van der Waals surface area (Å²) in [4.78, 5) is 4.20. The van der Waals surface area contributed by atoms with E-state index in [-0.39, 0.29) is 0 Å². The summed E-state index contributed by atoms with van der Waals surface area (Å²) in [5.74, 6) is 2.32. The summed E-state index contributed by atoms with van der Waals surface area (Å²) >= 11 is 0. The lowest BCUT2D eigenvalue weighted by atomic mass is 10.2. The molecule has 0 radical (unpaired) electrons. The molecule has 0 aliphatic heterocycles. The van der Waals surface area contributed by atoms with Gasteiger partial charge in [-0.05, 0) is 25.6 Å². The van der Waals surface area contributed by atoms with Crippen LogP contribution < -0.4 is 10.1 Å². The predicted molar refractivity (Wildman–Crippen MR) is 70.5 cm³/mol. The third-order valence-electron chi connectivity index (χ3n) is 2.47. The summed E-state index contributed by atoms with van der Waals surface area (Å²) in [5, 5.41) is 3.01. The molecule has 0 saturated heterocycles. The third kappa shape index (κ3) is 3.11. The predicted octanol–water partition coefficient (Wildman–Crippen LogP) is 2.85. The van der Waals surface area contributed by atoms with Gasteiger partial charge in [-0.15, -0.1) is 0 Å². The molecule has 2 rings (SSSR count). The molecule has 0 fully saturated rings. The minimum atomic E-state index is 0.631. The van der Waals surface area contributed by atoms with Crippen molar-refractivity contribution in [2.45, 2.75) is 19.9 Å². The number of oxazole rings is 1. The van der Waals surface area contributed by atoms with E-state index < -0.39 is 0 Å². The Morgan fingerprint density at radius 3 is 3.06 bits per heavy atom. The van der Waals surface area contributed by atoms with E-state index in [9.17, 15) is 0 Å². The van der Waals surface area contributed by atoms with Crippen LogP contribution in [0.1, 0.15) is 19.2 Å². The Morgan fingerprint density at radius 1 is 1.39 bits per heavy atom. The average Bonchev–Trinajstić information content (AvgIpc) is 2.86. The molecule has 0 aliphatic rings. The highest BCUT2D eigenvalue weighted by molar-refractivity contribution is 5.58. The standard InChI is InChI=1S/C14H18N2O2/c1-3-7-17-12-6-4-5-11(8-12)13-9-16-14(18-13)10-15-2/h4-6,8-9,15H,3,7,10H2,1-2H3. The van der Waals surface area contributed by atoms with Crippen molar-refractivity contribution in [1.29, 1.82) is 0 Å². The fraction of sp³-hybridized carbons (Fsp3) is 0.357. The maximum atomic E-state index is 5.64. The zero-order valence-electron chi connectivity index (χ0n) is 10.8. The van der Waals surface area contributed by atoms with Crippen LogP contribution in [0.5, 0.6) is 5.75 Å². The van der Waals surface area contributed by atoms with Gasteiger partial charge in [0.2, 0.25) is 5.89 Å². The van der Waals surface area contributed by atoms with Gasteiger partial charge in [0.1, 0.15) is 5.75 Å². The van der Waals surface area contributed by atoms with Gasteiger partial charge in [0, 0.05) is 5.56 Å². The Kier molecular flexibility index (Phi) is 4.36. The normalized spacial score (nSPS) is 10.6. The molecule has 1 heterocycles. The van der Waals surface area contributed by atoms with Crippen molar-refractivity contribution in [3.63, 3.8) is 0 Å². The average molecular weight is 246 g/mol. The molecule has 0 spiro atoms. The van der Waals surface area contributed by atoms with Crippen molar-refractivity contribution in [3.8, 4) is 17.1 Å². The van der Waals surface area contributed by atoms with Gasteiger partial charge >= 0.3 is 0 Å². The van der Waals surface area contributed by atoms with E-state index >= 15 is 0 Å². The number of hydrogen-bond donors (Lipinski definition) is 1. The van der Waals surface area contributed by atoms with Gasteiger partial charge in [0.25, 0.3) is 0 Å². The summed E-state index contributed by atoms with van der Waals surface area (Å²) in [5.41, 5.74) is 0.985. The van der Waals surface area contributed by atoms with Gasteiger partial charge in [-0.3, -0.25) is 0 Å². The maximum Gasteiger partial charge on any atom is 0.208 e. The second-order valence-electron chi connectivity index (χ2n) is 4.02. The summed E-state index contributed by atoms with van der Waals surface area (Å²) in [6.45, 7) is 3.45. The fourth-order valence-electron chi connectivity index (χ4n) is 1.64. The molecule has 1 aromatic heterocycles. The minimum Gasteiger partial charge on any atom is -0.494 e. The van der Waals surface area contributed by atoms with Crippen molar-refractivity contribution in [2.24, 2.45) is 0 Å². The van der Waals surface area contributed by atoms with Crippen molar-refractivity contribution in [3.05, 3.63) is 36.4 Å². The molecule has 0 unspecified atom stereocenters. The van der Waals surface area contributed by atoms with Crippen LogP contribution in [0, 0.1) is 0 Å². The zero-order valence-corrected chi connectivity index (χ0v) is 10.8. The van der Waals surface area contributed by atoms with Gasteiger partial charge in [-0.1, -0.05) is 19.1 Å². The van der Waals surface area contributed by atoms with Crippen LogP contribution >= 0.6 is 0 Å². The molecule has 18 heavy (non-hydrogen) atoms. The van der Waals surface area contributed by atoms with E-state index in [1.807, 2.05) is 31.3 Å². The third-order valence-corrected chi connectivity index (χ3v) is 2.47. The SMILES string of the molecule is CCCOc1cccc(-c2cnc(CNC)o2)c1. The summed E-state index contributed by atoms with van der Waals surface area (Å²) in [6, 6.07) is 7.87. The number of nitrogens with one attached hydrogen (secondary N) is 1. The molecule has 96 valence electrons. The topological polar surface area (TPSA) is 47.3 Å². The van der Waals surface area contributed by atoms with E-state index in [0.717, 1.165) is 30.1 Å². The molecule has 4 heteroatoms.